The summed E-state index contributed by atoms with van der Waals surface area (Å²) in [4.78, 5) is 41.3. The minimum Gasteiger partial charge on any atom is -0.464 e. The third kappa shape index (κ3) is 5.22. The van der Waals surface area contributed by atoms with Crippen molar-refractivity contribution < 1.29 is 34.0 Å². The molecule has 0 bridgehead atoms. The summed E-state index contributed by atoms with van der Waals surface area (Å²) in [6.45, 7) is 1.80. The molecule has 2 aromatic rings. The van der Waals surface area contributed by atoms with Crippen LogP contribution in [-0.2, 0) is 23.8 Å². The highest BCUT2D eigenvalue weighted by Crippen LogP contribution is 2.30. The average Bonchev–Trinajstić information content (AvgIpc) is 3.27. The first-order chi connectivity index (χ1) is 15.2. The van der Waals surface area contributed by atoms with Crippen molar-refractivity contribution in [3.63, 3.8) is 0 Å². The molecule has 0 amide bonds. The van der Waals surface area contributed by atoms with Gasteiger partial charge in [-0.3, -0.25) is 19.4 Å². The van der Waals surface area contributed by atoms with Gasteiger partial charge in [0.05, 0.1) is 18.6 Å². The van der Waals surface area contributed by atoms with Crippen molar-refractivity contribution in [2.75, 3.05) is 25.6 Å². The van der Waals surface area contributed by atoms with Gasteiger partial charge in [-0.05, 0) is 5.92 Å². The normalized spacial score (nSPS) is 20.2. The molecule has 1 aliphatic rings. The number of aromatic nitrogens is 4. The van der Waals surface area contributed by atoms with E-state index >= 15 is 0 Å². The van der Waals surface area contributed by atoms with Crippen LogP contribution < -0.4 is 11.3 Å². The van der Waals surface area contributed by atoms with E-state index in [4.69, 9.17) is 19.9 Å². The molecular formula is C19H23N5O8. The SMILES string of the molecule is CC(=O)OCC(C#Cc1nn([C@H]2CC(O)[C@@H](CO)O2)c2nc(N)[nH]c(=O)c12)COC(C)=O. The van der Waals surface area contributed by atoms with Gasteiger partial charge >= 0.3 is 11.9 Å². The van der Waals surface area contributed by atoms with E-state index in [0.717, 1.165) is 0 Å². The molecular weight excluding hydrogens is 426 g/mol. The molecule has 13 nitrogen and oxygen atoms in total. The number of esters is 2. The quantitative estimate of drug-likeness (QED) is 0.294. The lowest BCUT2D eigenvalue weighted by molar-refractivity contribution is -0.144. The number of fused-ring (bicyclic) bond motifs is 1. The number of carbonyl (C=O) groups excluding carboxylic acids is 2. The minimum atomic E-state index is -0.935. The van der Waals surface area contributed by atoms with Gasteiger partial charge in [0.15, 0.2) is 17.6 Å². The Balaban J connectivity index is 2.00. The fourth-order valence-corrected chi connectivity index (χ4v) is 3.12. The monoisotopic (exact) mass is 449 g/mol. The summed E-state index contributed by atoms with van der Waals surface area (Å²) in [6.07, 6.45) is -2.46. The summed E-state index contributed by atoms with van der Waals surface area (Å²) in [5, 5.41) is 23.7. The van der Waals surface area contributed by atoms with Crippen LogP contribution in [0, 0.1) is 17.8 Å². The molecule has 172 valence electrons. The first-order valence-electron chi connectivity index (χ1n) is 9.70. The number of aliphatic hydroxyl groups is 2. The van der Waals surface area contributed by atoms with Crippen LogP contribution in [0.15, 0.2) is 4.79 Å². The van der Waals surface area contributed by atoms with Crippen molar-refractivity contribution in [3.05, 3.63) is 16.0 Å². The molecule has 1 aliphatic heterocycles. The molecule has 3 rings (SSSR count). The van der Waals surface area contributed by atoms with Gasteiger partial charge in [0.2, 0.25) is 5.95 Å². The highest BCUT2D eigenvalue weighted by molar-refractivity contribution is 5.81. The predicted molar refractivity (Wildman–Crippen MR) is 108 cm³/mol. The fraction of sp³-hybridized carbons (Fsp3) is 0.526. The first-order valence-corrected chi connectivity index (χ1v) is 9.70. The summed E-state index contributed by atoms with van der Waals surface area (Å²) >= 11 is 0. The Kier molecular flexibility index (Phi) is 7.08. The summed E-state index contributed by atoms with van der Waals surface area (Å²) in [7, 11) is 0. The van der Waals surface area contributed by atoms with Crippen LogP contribution in [0.2, 0.25) is 0 Å². The summed E-state index contributed by atoms with van der Waals surface area (Å²) < 4.78 is 16.8. The highest BCUT2D eigenvalue weighted by Gasteiger charge is 2.36. The number of carbonyl (C=O) groups is 2. The van der Waals surface area contributed by atoms with Crippen LogP contribution in [0.4, 0.5) is 5.95 Å². The number of nitrogen functional groups attached to an aromatic ring is 1. The predicted octanol–water partition coefficient (Wildman–Crippen LogP) is -1.56. The maximum Gasteiger partial charge on any atom is 0.302 e. The zero-order valence-corrected chi connectivity index (χ0v) is 17.4. The number of anilines is 1. The van der Waals surface area contributed by atoms with Crippen molar-refractivity contribution >= 4 is 28.9 Å². The number of aromatic amines is 1. The molecule has 3 atom stereocenters. The van der Waals surface area contributed by atoms with E-state index in [2.05, 4.69) is 26.9 Å². The molecule has 5 N–H and O–H groups in total. The molecule has 3 heterocycles. The number of nitrogens with zero attached hydrogens (tertiary/aromatic N) is 3. The molecule has 0 spiro atoms. The number of hydrogen-bond acceptors (Lipinski definition) is 11. The fourth-order valence-electron chi connectivity index (χ4n) is 3.12. The lowest BCUT2D eigenvalue weighted by Gasteiger charge is -2.12. The van der Waals surface area contributed by atoms with E-state index in [1.807, 2.05) is 0 Å². The van der Waals surface area contributed by atoms with Crippen LogP contribution in [0.25, 0.3) is 11.0 Å². The van der Waals surface area contributed by atoms with Crippen molar-refractivity contribution in [1.29, 1.82) is 0 Å². The number of hydrogen-bond donors (Lipinski definition) is 4. The van der Waals surface area contributed by atoms with Crippen molar-refractivity contribution in [1.82, 2.24) is 19.7 Å². The van der Waals surface area contributed by atoms with Gasteiger partial charge in [-0.15, -0.1) is 0 Å². The maximum absolute atomic E-state index is 12.5. The van der Waals surface area contributed by atoms with E-state index in [-0.39, 0.29) is 42.3 Å². The summed E-state index contributed by atoms with van der Waals surface area (Å²) in [5.74, 6) is 3.66. The minimum absolute atomic E-state index is 0.0370. The Morgan fingerprint density at radius 2 is 2.00 bits per heavy atom. The number of nitrogens with one attached hydrogen (secondary N) is 1. The molecule has 0 radical (unpaired) electrons. The molecule has 0 aromatic carbocycles. The van der Waals surface area contributed by atoms with E-state index in [9.17, 15) is 24.6 Å². The number of ether oxygens (including phenoxy) is 3. The van der Waals surface area contributed by atoms with Crippen LogP contribution >= 0.6 is 0 Å². The van der Waals surface area contributed by atoms with Crippen LogP contribution in [0.3, 0.4) is 0 Å². The second-order valence-electron chi connectivity index (χ2n) is 7.13. The largest absolute Gasteiger partial charge is 0.464 e. The van der Waals surface area contributed by atoms with Crippen molar-refractivity contribution in [2.45, 2.75) is 38.7 Å². The summed E-state index contributed by atoms with van der Waals surface area (Å²) in [6, 6.07) is 0. The van der Waals surface area contributed by atoms with Crippen LogP contribution in [0.5, 0.6) is 0 Å². The average molecular weight is 449 g/mol. The van der Waals surface area contributed by atoms with E-state index in [0.29, 0.717) is 0 Å². The van der Waals surface area contributed by atoms with E-state index in [1.54, 1.807) is 0 Å². The Labute approximate surface area is 181 Å². The van der Waals surface area contributed by atoms with Gasteiger partial charge in [0, 0.05) is 20.3 Å². The Morgan fingerprint density at radius 1 is 1.34 bits per heavy atom. The highest BCUT2D eigenvalue weighted by atomic mass is 16.6. The Hall–Kier alpha value is -3.47. The van der Waals surface area contributed by atoms with Crippen LogP contribution in [-0.4, -0.2) is 73.9 Å². The van der Waals surface area contributed by atoms with Gasteiger partial charge in [0.25, 0.3) is 5.56 Å². The molecule has 13 heteroatoms. The topological polar surface area (TPSA) is 192 Å². The second-order valence-corrected chi connectivity index (χ2v) is 7.13. The zero-order valence-electron chi connectivity index (χ0n) is 17.4. The van der Waals surface area contributed by atoms with Gasteiger partial charge in [0.1, 0.15) is 24.7 Å². The standard InChI is InChI=1S/C19H23N5O8/c1-9(26)30-7-11(8-31-10(2)27)3-4-12-16-17(21-19(20)22-18(16)29)24(23-12)15-5-13(28)14(6-25)32-15/h11,13-15,25,28H,5-8H2,1-2H3,(H3,20,21,22,29)/t13?,14-,15-/m1/s1. The zero-order chi connectivity index (χ0) is 23.4. The second kappa shape index (κ2) is 9.77. The molecule has 0 aliphatic carbocycles. The molecule has 1 fully saturated rings. The number of H-pyrrole nitrogens is 1. The smallest absolute Gasteiger partial charge is 0.302 e. The number of nitrogens with two attached hydrogens (primary N) is 1. The lowest BCUT2D eigenvalue weighted by Crippen LogP contribution is -2.24. The van der Waals surface area contributed by atoms with E-state index < -0.39 is 48.5 Å². The first kappa shape index (κ1) is 23.2. The molecule has 32 heavy (non-hydrogen) atoms. The van der Waals surface area contributed by atoms with Crippen LogP contribution in [0.1, 0.15) is 32.2 Å². The maximum atomic E-state index is 12.5. The van der Waals surface area contributed by atoms with Crippen molar-refractivity contribution in [2.24, 2.45) is 5.92 Å². The lowest BCUT2D eigenvalue weighted by atomic mass is 10.1. The van der Waals surface area contributed by atoms with Gasteiger partial charge < -0.3 is 30.2 Å². The van der Waals surface area contributed by atoms with Gasteiger partial charge in [-0.25, -0.2) is 4.68 Å². The number of aliphatic hydroxyl groups excluding tert-OH is 2. The molecule has 0 saturated carbocycles. The van der Waals surface area contributed by atoms with E-state index in [1.165, 1.54) is 18.5 Å². The van der Waals surface area contributed by atoms with Gasteiger partial charge in [-0.2, -0.15) is 10.1 Å². The molecule has 1 unspecified atom stereocenters. The van der Waals surface area contributed by atoms with Gasteiger partial charge in [-0.1, -0.05) is 5.92 Å². The van der Waals surface area contributed by atoms with Crippen molar-refractivity contribution in [3.8, 4) is 11.8 Å². The third-order valence-electron chi connectivity index (χ3n) is 4.61. The Morgan fingerprint density at radius 3 is 2.56 bits per heavy atom. The molecule has 1 saturated heterocycles. The number of rotatable bonds is 6. The molecule has 2 aromatic heterocycles. The third-order valence-corrected chi connectivity index (χ3v) is 4.61. The Bertz CT molecular complexity index is 1110. The summed E-state index contributed by atoms with van der Waals surface area (Å²) in [5.41, 5.74) is 5.21.